The normalized spacial score (nSPS) is 17.6. The standard InChI is InChI=1S/C32H29ClN2O7S/c1-17(2)10-11-40-22-8-4-18(14-24(22)39-3)28-27(29(36)19-5-9-23-25(15-19)42-13-12-41-23)30(37)31(38)35(28)32-34-21-7-6-20(33)16-26(21)43-32/h4-9,14-17,28,36H,10-13H2,1-3H3/b29-27-. The van der Waals surface area contributed by atoms with E-state index in [4.69, 9.17) is 30.5 Å². The topological polar surface area (TPSA) is 107 Å². The number of hydrogen-bond donors (Lipinski definition) is 1. The molecular weight excluding hydrogens is 592 g/mol. The number of carbonyl (C=O) groups is 2. The maximum atomic E-state index is 13.7. The van der Waals surface area contributed by atoms with Crippen LogP contribution < -0.4 is 23.8 Å². The van der Waals surface area contributed by atoms with Gasteiger partial charge >= 0.3 is 5.91 Å². The van der Waals surface area contributed by atoms with Crippen LogP contribution in [0.2, 0.25) is 5.02 Å². The van der Waals surface area contributed by atoms with E-state index in [1.165, 1.54) is 23.3 Å². The Balaban J connectivity index is 1.49. The molecule has 2 aliphatic rings. The molecule has 6 rings (SSSR count). The van der Waals surface area contributed by atoms with Gasteiger partial charge < -0.3 is 24.1 Å². The van der Waals surface area contributed by atoms with Crippen molar-refractivity contribution in [3.05, 3.63) is 76.3 Å². The van der Waals surface area contributed by atoms with Crippen LogP contribution in [0.3, 0.4) is 0 Å². The van der Waals surface area contributed by atoms with E-state index in [1.807, 2.05) is 0 Å². The van der Waals surface area contributed by atoms with Crippen molar-refractivity contribution >= 4 is 55.7 Å². The van der Waals surface area contributed by atoms with Crippen LogP contribution >= 0.6 is 22.9 Å². The van der Waals surface area contributed by atoms with Crippen molar-refractivity contribution < 1.29 is 33.6 Å². The molecular formula is C32H29ClN2O7S. The Kier molecular flexibility index (Phi) is 7.89. The number of hydrogen-bond acceptors (Lipinski definition) is 9. The van der Waals surface area contributed by atoms with Crippen molar-refractivity contribution in [2.75, 3.05) is 31.8 Å². The molecule has 0 saturated carbocycles. The third-order valence-electron chi connectivity index (χ3n) is 7.26. The second-order valence-electron chi connectivity index (χ2n) is 10.6. The maximum Gasteiger partial charge on any atom is 0.301 e. The predicted molar refractivity (Wildman–Crippen MR) is 165 cm³/mol. The summed E-state index contributed by atoms with van der Waals surface area (Å²) in [4.78, 5) is 33.4. The minimum absolute atomic E-state index is 0.0884. The van der Waals surface area contributed by atoms with Crippen molar-refractivity contribution in [3.8, 4) is 23.0 Å². The molecule has 43 heavy (non-hydrogen) atoms. The number of fused-ring (bicyclic) bond motifs is 2. The van der Waals surface area contributed by atoms with Crippen molar-refractivity contribution in [1.82, 2.24) is 4.98 Å². The van der Waals surface area contributed by atoms with Gasteiger partial charge in [0.05, 0.1) is 35.5 Å². The van der Waals surface area contributed by atoms with Crippen LogP contribution in [-0.4, -0.2) is 48.7 Å². The first-order valence-electron chi connectivity index (χ1n) is 13.8. The Morgan fingerprint density at radius 1 is 1.07 bits per heavy atom. The van der Waals surface area contributed by atoms with E-state index < -0.39 is 17.7 Å². The lowest BCUT2D eigenvalue weighted by Gasteiger charge is -2.24. The van der Waals surface area contributed by atoms with Gasteiger partial charge in [0.2, 0.25) is 0 Å². The highest BCUT2D eigenvalue weighted by Crippen LogP contribution is 2.46. The lowest BCUT2D eigenvalue weighted by atomic mass is 9.95. The minimum Gasteiger partial charge on any atom is -0.507 e. The van der Waals surface area contributed by atoms with Gasteiger partial charge in [0.25, 0.3) is 5.78 Å². The zero-order valence-electron chi connectivity index (χ0n) is 23.8. The number of aliphatic hydroxyl groups is 1. The van der Waals surface area contributed by atoms with E-state index in [9.17, 15) is 14.7 Å². The van der Waals surface area contributed by atoms with Crippen LogP contribution in [-0.2, 0) is 9.59 Å². The average molecular weight is 621 g/mol. The fourth-order valence-electron chi connectivity index (χ4n) is 5.06. The summed E-state index contributed by atoms with van der Waals surface area (Å²) in [5.74, 6) is 0.404. The summed E-state index contributed by atoms with van der Waals surface area (Å²) in [6.45, 7) is 5.50. The summed E-state index contributed by atoms with van der Waals surface area (Å²) in [6.07, 6.45) is 0.863. The molecule has 2 aliphatic heterocycles. The van der Waals surface area contributed by atoms with Gasteiger partial charge in [-0.1, -0.05) is 42.9 Å². The number of aromatic nitrogens is 1. The van der Waals surface area contributed by atoms with Crippen LogP contribution in [0.1, 0.15) is 37.4 Å². The Morgan fingerprint density at radius 3 is 2.63 bits per heavy atom. The fourth-order valence-corrected chi connectivity index (χ4v) is 6.33. The van der Waals surface area contributed by atoms with Crippen molar-refractivity contribution in [1.29, 1.82) is 0 Å². The highest BCUT2D eigenvalue weighted by molar-refractivity contribution is 7.22. The summed E-state index contributed by atoms with van der Waals surface area (Å²) in [6, 6.07) is 14.3. The number of aliphatic hydroxyl groups excluding tert-OH is 1. The zero-order chi connectivity index (χ0) is 30.2. The molecule has 3 heterocycles. The fraction of sp³-hybridized carbons (Fsp3) is 0.281. The molecule has 1 aromatic heterocycles. The highest BCUT2D eigenvalue weighted by atomic mass is 35.5. The largest absolute Gasteiger partial charge is 0.507 e. The highest BCUT2D eigenvalue weighted by Gasteiger charge is 2.48. The first-order chi connectivity index (χ1) is 20.7. The van der Waals surface area contributed by atoms with Gasteiger partial charge in [-0.3, -0.25) is 14.5 Å². The average Bonchev–Trinajstić information content (AvgIpc) is 3.53. The van der Waals surface area contributed by atoms with Gasteiger partial charge in [0.1, 0.15) is 19.0 Å². The lowest BCUT2D eigenvalue weighted by Crippen LogP contribution is -2.29. The molecule has 11 heteroatoms. The molecule has 222 valence electrons. The third-order valence-corrected chi connectivity index (χ3v) is 8.51. The number of carbonyl (C=O) groups excluding carboxylic acids is 2. The second-order valence-corrected chi connectivity index (χ2v) is 12.0. The predicted octanol–water partition coefficient (Wildman–Crippen LogP) is 6.78. The maximum absolute atomic E-state index is 13.7. The number of thiazole rings is 1. The van der Waals surface area contributed by atoms with Gasteiger partial charge in [-0.25, -0.2) is 4.98 Å². The van der Waals surface area contributed by atoms with Crippen LogP contribution in [0.5, 0.6) is 23.0 Å². The number of Topliss-reactive ketones (excluding diaryl/α,β-unsaturated/α-hetero) is 1. The van der Waals surface area contributed by atoms with Gasteiger partial charge in [0.15, 0.2) is 28.1 Å². The number of methoxy groups -OCH3 is 1. The van der Waals surface area contributed by atoms with E-state index in [0.717, 1.165) is 11.1 Å². The van der Waals surface area contributed by atoms with E-state index in [2.05, 4.69) is 18.8 Å². The van der Waals surface area contributed by atoms with Crippen LogP contribution in [0.4, 0.5) is 5.13 Å². The number of rotatable bonds is 8. The number of benzene rings is 3. The van der Waals surface area contributed by atoms with E-state index >= 15 is 0 Å². The molecule has 9 nitrogen and oxygen atoms in total. The quantitative estimate of drug-likeness (QED) is 0.130. The van der Waals surface area contributed by atoms with Gasteiger partial charge in [-0.05, 0) is 66.4 Å². The van der Waals surface area contributed by atoms with E-state index in [-0.39, 0.29) is 11.3 Å². The van der Waals surface area contributed by atoms with Crippen LogP contribution in [0, 0.1) is 5.92 Å². The lowest BCUT2D eigenvalue weighted by molar-refractivity contribution is -0.132. The van der Waals surface area contributed by atoms with Gasteiger partial charge in [0, 0.05) is 10.6 Å². The van der Waals surface area contributed by atoms with Gasteiger partial charge in [-0.2, -0.15) is 0 Å². The molecule has 1 atom stereocenters. The summed E-state index contributed by atoms with van der Waals surface area (Å²) in [5.41, 5.74) is 1.38. The second kappa shape index (κ2) is 11.8. The number of ketones is 1. The Labute approximate surface area is 257 Å². The zero-order valence-corrected chi connectivity index (χ0v) is 25.3. The first-order valence-corrected chi connectivity index (χ1v) is 15.0. The molecule has 0 spiro atoms. The molecule has 4 aromatic rings. The Morgan fingerprint density at radius 2 is 1.86 bits per heavy atom. The van der Waals surface area contributed by atoms with Crippen LogP contribution in [0.15, 0.2) is 60.2 Å². The molecule has 0 aliphatic carbocycles. The van der Waals surface area contributed by atoms with E-state index in [1.54, 1.807) is 54.6 Å². The van der Waals surface area contributed by atoms with E-state index in [0.29, 0.717) is 75.5 Å². The molecule has 3 aromatic carbocycles. The number of halogens is 1. The Bertz CT molecular complexity index is 1770. The molecule has 0 radical (unpaired) electrons. The number of amides is 1. The van der Waals surface area contributed by atoms with Crippen LogP contribution in [0.25, 0.3) is 16.0 Å². The molecule has 0 bridgehead atoms. The van der Waals surface area contributed by atoms with Crippen molar-refractivity contribution in [2.24, 2.45) is 5.92 Å². The smallest absolute Gasteiger partial charge is 0.301 e. The molecule has 1 amide bonds. The summed E-state index contributed by atoms with van der Waals surface area (Å²) < 4.78 is 23.7. The molecule has 1 fully saturated rings. The monoisotopic (exact) mass is 620 g/mol. The Hall–Kier alpha value is -4.28. The molecule has 1 unspecified atom stereocenters. The summed E-state index contributed by atoms with van der Waals surface area (Å²) in [5, 5.41) is 12.4. The number of ether oxygens (including phenoxy) is 4. The third kappa shape index (κ3) is 5.48. The SMILES string of the molecule is COc1cc(C2/C(=C(/O)c3ccc4c(c3)OCCO4)C(=O)C(=O)N2c2nc3ccc(Cl)cc3s2)ccc1OCCC(C)C. The molecule has 1 saturated heterocycles. The summed E-state index contributed by atoms with van der Waals surface area (Å²) >= 11 is 7.44. The number of nitrogens with zero attached hydrogens (tertiary/aromatic N) is 2. The van der Waals surface area contributed by atoms with Crippen molar-refractivity contribution in [2.45, 2.75) is 26.3 Å². The van der Waals surface area contributed by atoms with Crippen molar-refractivity contribution in [3.63, 3.8) is 0 Å². The number of anilines is 1. The molecule has 1 N–H and O–H groups in total. The summed E-state index contributed by atoms with van der Waals surface area (Å²) in [7, 11) is 1.53. The van der Waals surface area contributed by atoms with Gasteiger partial charge in [-0.15, -0.1) is 0 Å². The minimum atomic E-state index is -1.01. The first kappa shape index (κ1) is 28.8.